The highest BCUT2D eigenvalue weighted by Crippen LogP contribution is 2.35. The van der Waals surface area contributed by atoms with E-state index in [-0.39, 0.29) is 12.4 Å². The molecule has 0 aliphatic carbocycles. The van der Waals surface area contributed by atoms with Crippen LogP contribution in [0.1, 0.15) is 30.2 Å². The number of nitrogen functional groups attached to an aromatic ring is 1. The Kier molecular flexibility index (Phi) is 5.69. The molecule has 0 amide bonds. The van der Waals surface area contributed by atoms with E-state index in [9.17, 15) is 10.4 Å². The van der Waals surface area contributed by atoms with Crippen molar-refractivity contribution in [2.75, 3.05) is 12.3 Å². The molecule has 3 N–H and O–H groups in total. The Morgan fingerprint density at radius 3 is 2.78 bits per heavy atom. The Balaban J connectivity index is 2.14. The van der Waals surface area contributed by atoms with Crippen LogP contribution in [0.25, 0.3) is 21.7 Å². The van der Waals surface area contributed by atoms with Gasteiger partial charge >= 0.3 is 0 Å². The first-order valence-electron chi connectivity index (χ1n) is 8.57. The van der Waals surface area contributed by atoms with Crippen LogP contribution in [0.4, 0.5) is 5.82 Å². The Hall–Kier alpha value is -2.95. The van der Waals surface area contributed by atoms with Gasteiger partial charge in [0.15, 0.2) is 0 Å². The molecule has 0 aliphatic rings. The molecule has 6 nitrogen and oxygen atoms in total. The minimum Gasteiger partial charge on any atom is -0.493 e. The molecule has 0 saturated carbocycles. The van der Waals surface area contributed by atoms with Crippen LogP contribution < -0.4 is 10.5 Å². The van der Waals surface area contributed by atoms with E-state index in [2.05, 4.69) is 16.0 Å². The first-order valence-corrected chi connectivity index (χ1v) is 9.45. The first-order chi connectivity index (χ1) is 13.1. The highest BCUT2D eigenvalue weighted by Gasteiger charge is 2.17. The number of rotatable bonds is 6. The quantitative estimate of drug-likeness (QED) is 0.671. The fraction of sp³-hybridized carbons (Fsp3) is 0.250. The number of anilines is 1. The largest absolute Gasteiger partial charge is 0.493 e. The van der Waals surface area contributed by atoms with Crippen LogP contribution in [-0.2, 0) is 6.61 Å². The highest BCUT2D eigenvalue weighted by molar-refractivity contribution is 7.13. The molecule has 0 radical (unpaired) electrons. The van der Waals surface area contributed by atoms with Gasteiger partial charge < -0.3 is 15.6 Å². The SMILES string of the molecule is CCCOc1ccc(-c2cc(-c3scnc3C)nc(N)c2C#N)cc1CO. The van der Waals surface area contributed by atoms with Gasteiger partial charge in [0.25, 0.3) is 0 Å². The summed E-state index contributed by atoms with van der Waals surface area (Å²) in [6, 6.07) is 9.49. The van der Waals surface area contributed by atoms with Crippen molar-refractivity contribution < 1.29 is 9.84 Å². The maximum atomic E-state index is 9.72. The van der Waals surface area contributed by atoms with Gasteiger partial charge in [0.05, 0.1) is 35.0 Å². The predicted molar refractivity (Wildman–Crippen MR) is 106 cm³/mol. The Morgan fingerprint density at radius 1 is 1.33 bits per heavy atom. The summed E-state index contributed by atoms with van der Waals surface area (Å²) < 4.78 is 5.68. The molecule has 0 saturated heterocycles. The molecule has 3 aromatic rings. The number of nitrogens with zero attached hydrogens (tertiary/aromatic N) is 3. The van der Waals surface area contributed by atoms with E-state index in [1.54, 1.807) is 5.51 Å². The Labute approximate surface area is 161 Å². The topological polar surface area (TPSA) is 105 Å². The smallest absolute Gasteiger partial charge is 0.142 e. The van der Waals surface area contributed by atoms with Crippen molar-refractivity contribution in [3.05, 3.63) is 46.6 Å². The number of nitriles is 1. The van der Waals surface area contributed by atoms with Gasteiger partial charge in [-0.2, -0.15) is 5.26 Å². The van der Waals surface area contributed by atoms with Crippen LogP contribution in [0.3, 0.4) is 0 Å². The zero-order valence-electron chi connectivity index (χ0n) is 15.2. The number of hydrogen-bond donors (Lipinski definition) is 2. The van der Waals surface area contributed by atoms with Crippen LogP contribution in [0.5, 0.6) is 5.75 Å². The molecule has 7 heteroatoms. The number of nitrogens with two attached hydrogens (primary N) is 1. The van der Waals surface area contributed by atoms with E-state index in [0.29, 0.717) is 34.7 Å². The number of aryl methyl sites for hydroxylation is 1. The summed E-state index contributed by atoms with van der Waals surface area (Å²) in [5.74, 6) is 0.816. The molecule has 0 atom stereocenters. The van der Waals surface area contributed by atoms with Crippen molar-refractivity contribution >= 4 is 17.2 Å². The number of aliphatic hydroxyl groups excluding tert-OH is 1. The van der Waals surface area contributed by atoms with Gasteiger partial charge in [-0.1, -0.05) is 13.0 Å². The number of hydrogen-bond acceptors (Lipinski definition) is 7. The lowest BCUT2D eigenvalue weighted by Gasteiger charge is -2.13. The molecule has 0 bridgehead atoms. The number of aliphatic hydroxyl groups is 1. The summed E-state index contributed by atoms with van der Waals surface area (Å²) in [6.07, 6.45) is 0.879. The minimum atomic E-state index is -0.157. The van der Waals surface area contributed by atoms with E-state index >= 15 is 0 Å². The average Bonchev–Trinajstić information content (AvgIpc) is 3.11. The van der Waals surface area contributed by atoms with E-state index < -0.39 is 0 Å². The molecule has 0 spiro atoms. The molecule has 2 heterocycles. The molecular formula is C20H20N4O2S. The van der Waals surface area contributed by atoms with E-state index in [0.717, 1.165) is 22.6 Å². The molecule has 27 heavy (non-hydrogen) atoms. The summed E-state index contributed by atoms with van der Waals surface area (Å²) in [4.78, 5) is 9.56. The van der Waals surface area contributed by atoms with E-state index in [1.807, 2.05) is 38.1 Å². The van der Waals surface area contributed by atoms with Gasteiger partial charge in [0, 0.05) is 11.1 Å². The lowest BCUT2D eigenvalue weighted by Crippen LogP contribution is -2.02. The van der Waals surface area contributed by atoms with Gasteiger partial charge in [-0.25, -0.2) is 9.97 Å². The summed E-state index contributed by atoms with van der Waals surface area (Å²) in [5.41, 5.74) is 11.8. The van der Waals surface area contributed by atoms with Crippen molar-refractivity contribution in [1.29, 1.82) is 5.26 Å². The van der Waals surface area contributed by atoms with Gasteiger partial charge in [0.1, 0.15) is 23.2 Å². The molecule has 0 unspecified atom stereocenters. The molecule has 2 aromatic heterocycles. The number of aromatic nitrogens is 2. The maximum Gasteiger partial charge on any atom is 0.142 e. The molecule has 0 fully saturated rings. The normalized spacial score (nSPS) is 10.6. The van der Waals surface area contributed by atoms with E-state index in [4.69, 9.17) is 10.5 Å². The summed E-state index contributed by atoms with van der Waals surface area (Å²) in [7, 11) is 0. The van der Waals surface area contributed by atoms with Crippen molar-refractivity contribution in [2.24, 2.45) is 0 Å². The molecule has 1 aromatic carbocycles. The lowest BCUT2D eigenvalue weighted by atomic mass is 9.97. The maximum absolute atomic E-state index is 9.72. The number of benzene rings is 1. The van der Waals surface area contributed by atoms with Gasteiger partial charge in [-0.05, 0) is 37.1 Å². The van der Waals surface area contributed by atoms with Crippen LogP contribution in [-0.4, -0.2) is 21.7 Å². The summed E-state index contributed by atoms with van der Waals surface area (Å²) >= 11 is 1.48. The van der Waals surface area contributed by atoms with Crippen molar-refractivity contribution in [1.82, 2.24) is 9.97 Å². The second-order valence-corrected chi connectivity index (χ2v) is 6.88. The predicted octanol–water partition coefficient (Wildman–Crippen LogP) is 3.92. The van der Waals surface area contributed by atoms with Crippen LogP contribution >= 0.6 is 11.3 Å². The van der Waals surface area contributed by atoms with Gasteiger partial charge in [-0.15, -0.1) is 11.3 Å². The summed E-state index contributed by atoms with van der Waals surface area (Å²) in [5, 5.41) is 19.3. The number of thiazole rings is 1. The minimum absolute atomic E-state index is 0.157. The highest BCUT2D eigenvalue weighted by atomic mass is 32.1. The van der Waals surface area contributed by atoms with Crippen molar-refractivity contribution in [3.8, 4) is 33.5 Å². The Bertz CT molecular complexity index is 1010. The second-order valence-electron chi connectivity index (χ2n) is 6.02. The molecular weight excluding hydrogens is 360 g/mol. The summed E-state index contributed by atoms with van der Waals surface area (Å²) in [6.45, 7) is 4.35. The zero-order chi connectivity index (χ0) is 19.4. The molecule has 3 rings (SSSR count). The molecule has 138 valence electrons. The van der Waals surface area contributed by atoms with Crippen molar-refractivity contribution in [3.63, 3.8) is 0 Å². The lowest BCUT2D eigenvalue weighted by molar-refractivity contribution is 0.263. The Morgan fingerprint density at radius 2 is 2.15 bits per heavy atom. The zero-order valence-corrected chi connectivity index (χ0v) is 16.0. The molecule has 0 aliphatic heterocycles. The number of pyridine rings is 1. The fourth-order valence-corrected chi connectivity index (χ4v) is 3.56. The number of ether oxygens (including phenoxy) is 1. The third-order valence-corrected chi connectivity index (χ3v) is 5.09. The monoisotopic (exact) mass is 380 g/mol. The fourth-order valence-electron chi connectivity index (χ4n) is 2.80. The first kappa shape index (κ1) is 18.8. The van der Waals surface area contributed by atoms with Gasteiger partial charge in [-0.3, -0.25) is 0 Å². The average molecular weight is 380 g/mol. The van der Waals surface area contributed by atoms with Crippen molar-refractivity contribution in [2.45, 2.75) is 26.9 Å². The third kappa shape index (κ3) is 3.77. The van der Waals surface area contributed by atoms with E-state index in [1.165, 1.54) is 11.3 Å². The third-order valence-electron chi connectivity index (χ3n) is 4.14. The standard InChI is InChI=1S/C20H20N4O2S/c1-3-6-26-18-5-4-13(7-14(18)10-25)15-8-17(19-12(2)23-11-27-19)24-20(22)16(15)9-21/h4-5,7-8,11,25H,3,6,10H2,1-2H3,(H2,22,24). The van der Waals surface area contributed by atoms with Gasteiger partial charge in [0.2, 0.25) is 0 Å². The van der Waals surface area contributed by atoms with Crippen LogP contribution in [0, 0.1) is 18.3 Å². The van der Waals surface area contributed by atoms with Crippen LogP contribution in [0.2, 0.25) is 0 Å². The second kappa shape index (κ2) is 8.16. The van der Waals surface area contributed by atoms with Crippen LogP contribution in [0.15, 0.2) is 29.8 Å².